The van der Waals surface area contributed by atoms with E-state index in [1.54, 1.807) is 0 Å². The average Bonchev–Trinajstić information content (AvgIpc) is 2.09. The van der Waals surface area contributed by atoms with E-state index in [1.807, 2.05) is 0 Å². The largest absolute Gasteiger partial charge is 0.0914 e. The lowest BCUT2D eigenvalue weighted by atomic mass is 9.93. The predicted octanol–water partition coefficient (Wildman–Crippen LogP) is 4.81. The van der Waals surface area contributed by atoms with Gasteiger partial charge < -0.3 is 0 Å². The summed E-state index contributed by atoms with van der Waals surface area (Å²) in [5, 5.41) is 0. The van der Waals surface area contributed by atoms with Crippen LogP contribution in [-0.2, 0) is 0 Å². The second-order valence-corrected chi connectivity index (χ2v) is 4.40. The lowest BCUT2D eigenvalue weighted by Gasteiger charge is -2.13. The van der Waals surface area contributed by atoms with Crippen molar-refractivity contribution in [3.8, 4) is 0 Å². The van der Waals surface area contributed by atoms with Crippen molar-refractivity contribution in [1.82, 2.24) is 0 Å². The Bertz CT molecular complexity index is 122. The Hall–Kier alpha value is -0.260. The van der Waals surface area contributed by atoms with Crippen LogP contribution in [0.1, 0.15) is 59.8 Å². The van der Waals surface area contributed by atoms with Crippen molar-refractivity contribution >= 4 is 0 Å². The van der Waals surface area contributed by atoms with Gasteiger partial charge in [0.2, 0.25) is 0 Å². The molecular formula is C13H26. The van der Waals surface area contributed by atoms with Crippen LogP contribution >= 0.6 is 0 Å². The Kier molecular flexibility index (Phi) is 8.18. The van der Waals surface area contributed by atoms with Gasteiger partial charge >= 0.3 is 0 Å². The number of unbranched alkanes of at least 4 members (excludes halogenated alkanes) is 1. The van der Waals surface area contributed by atoms with Gasteiger partial charge in [-0.1, -0.05) is 52.2 Å². The monoisotopic (exact) mass is 182 g/mol. The first kappa shape index (κ1) is 12.7. The molecule has 0 spiro atoms. The lowest BCUT2D eigenvalue weighted by Crippen LogP contribution is -1.99. The highest BCUT2D eigenvalue weighted by atomic mass is 14.1. The van der Waals surface area contributed by atoms with Crippen molar-refractivity contribution in [3.05, 3.63) is 12.2 Å². The summed E-state index contributed by atoms with van der Waals surface area (Å²) >= 11 is 0. The quantitative estimate of drug-likeness (QED) is 0.496. The predicted molar refractivity (Wildman–Crippen MR) is 61.9 cm³/mol. The van der Waals surface area contributed by atoms with E-state index in [0.717, 1.165) is 11.8 Å². The number of allylic oxidation sites excluding steroid dienone is 2. The van der Waals surface area contributed by atoms with Gasteiger partial charge in [-0.25, -0.2) is 0 Å². The van der Waals surface area contributed by atoms with Crippen LogP contribution in [0.2, 0.25) is 0 Å². The Morgan fingerprint density at radius 3 is 2.23 bits per heavy atom. The summed E-state index contributed by atoms with van der Waals surface area (Å²) in [4.78, 5) is 0. The van der Waals surface area contributed by atoms with Gasteiger partial charge in [-0.2, -0.15) is 0 Å². The van der Waals surface area contributed by atoms with Gasteiger partial charge in [0.1, 0.15) is 0 Å². The Labute approximate surface area is 84.4 Å². The van der Waals surface area contributed by atoms with Gasteiger partial charge in [0, 0.05) is 0 Å². The molecule has 0 aliphatic rings. The van der Waals surface area contributed by atoms with E-state index < -0.39 is 0 Å². The molecule has 1 atom stereocenters. The van der Waals surface area contributed by atoms with Gasteiger partial charge in [0.25, 0.3) is 0 Å². The summed E-state index contributed by atoms with van der Waals surface area (Å²) in [5.41, 5.74) is 0. The van der Waals surface area contributed by atoms with Crippen molar-refractivity contribution in [1.29, 1.82) is 0 Å². The zero-order valence-electron chi connectivity index (χ0n) is 9.84. The molecule has 0 amide bonds. The zero-order valence-corrected chi connectivity index (χ0v) is 9.84. The second-order valence-electron chi connectivity index (χ2n) is 4.40. The Morgan fingerprint density at radius 2 is 1.77 bits per heavy atom. The van der Waals surface area contributed by atoms with Gasteiger partial charge in [-0.15, -0.1) is 0 Å². The highest BCUT2D eigenvalue weighted by Crippen LogP contribution is 2.19. The van der Waals surface area contributed by atoms with Crippen LogP contribution in [0.4, 0.5) is 0 Å². The van der Waals surface area contributed by atoms with Crippen LogP contribution in [0, 0.1) is 11.8 Å². The molecule has 13 heavy (non-hydrogen) atoms. The third kappa shape index (κ3) is 8.08. The summed E-state index contributed by atoms with van der Waals surface area (Å²) in [6, 6.07) is 0. The molecule has 0 nitrogen and oxygen atoms in total. The maximum absolute atomic E-state index is 2.39. The summed E-state index contributed by atoms with van der Waals surface area (Å²) in [5.74, 6) is 1.70. The zero-order chi connectivity index (χ0) is 10.1. The van der Waals surface area contributed by atoms with Gasteiger partial charge in [-0.3, -0.25) is 0 Å². The van der Waals surface area contributed by atoms with Crippen molar-refractivity contribution in [2.75, 3.05) is 0 Å². The van der Waals surface area contributed by atoms with Gasteiger partial charge in [0.05, 0.1) is 0 Å². The molecule has 0 rings (SSSR count). The van der Waals surface area contributed by atoms with E-state index in [2.05, 4.69) is 39.8 Å². The maximum atomic E-state index is 2.39. The molecule has 0 heterocycles. The molecule has 0 saturated carbocycles. The molecule has 0 aromatic carbocycles. The van der Waals surface area contributed by atoms with Crippen LogP contribution in [0.5, 0.6) is 0 Å². The first-order valence-electron chi connectivity index (χ1n) is 5.83. The number of hydrogen-bond donors (Lipinski definition) is 0. The standard InChI is InChI=1S/C13H26/c1-5-7-9-13(8-6-2)11-10-12(3)4/h6,8,12-13H,5,7,9-11H2,1-4H3. The molecule has 0 aliphatic carbocycles. The van der Waals surface area contributed by atoms with Crippen LogP contribution in [0.3, 0.4) is 0 Å². The topological polar surface area (TPSA) is 0 Å². The van der Waals surface area contributed by atoms with Gasteiger partial charge in [-0.05, 0) is 31.6 Å². The lowest BCUT2D eigenvalue weighted by molar-refractivity contribution is 0.449. The smallest absolute Gasteiger partial charge is 0.0234 e. The third-order valence-electron chi connectivity index (χ3n) is 2.51. The van der Waals surface area contributed by atoms with Crippen molar-refractivity contribution in [2.24, 2.45) is 11.8 Å². The van der Waals surface area contributed by atoms with E-state index in [-0.39, 0.29) is 0 Å². The molecular weight excluding hydrogens is 156 g/mol. The fraction of sp³-hybridized carbons (Fsp3) is 0.846. The Morgan fingerprint density at radius 1 is 1.08 bits per heavy atom. The third-order valence-corrected chi connectivity index (χ3v) is 2.51. The number of hydrogen-bond acceptors (Lipinski definition) is 0. The molecule has 78 valence electrons. The van der Waals surface area contributed by atoms with Crippen LogP contribution in [0.15, 0.2) is 12.2 Å². The molecule has 0 saturated heterocycles. The SMILES string of the molecule is CC=CC(CCCC)CCC(C)C. The molecule has 0 radical (unpaired) electrons. The highest BCUT2D eigenvalue weighted by molar-refractivity contribution is 4.85. The molecule has 0 aromatic heterocycles. The van der Waals surface area contributed by atoms with Crippen molar-refractivity contribution < 1.29 is 0 Å². The molecule has 1 unspecified atom stereocenters. The minimum atomic E-state index is 0.840. The molecule has 0 bridgehead atoms. The van der Waals surface area contributed by atoms with E-state index in [4.69, 9.17) is 0 Å². The van der Waals surface area contributed by atoms with Crippen LogP contribution in [-0.4, -0.2) is 0 Å². The van der Waals surface area contributed by atoms with Crippen LogP contribution < -0.4 is 0 Å². The molecule has 0 aliphatic heterocycles. The van der Waals surface area contributed by atoms with E-state index in [9.17, 15) is 0 Å². The minimum absolute atomic E-state index is 0.840. The van der Waals surface area contributed by atoms with Crippen molar-refractivity contribution in [2.45, 2.75) is 59.8 Å². The summed E-state index contributed by atoms with van der Waals surface area (Å²) in [7, 11) is 0. The normalized spacial score (nSPS) is 14.2. The maximum Gasteiger partial charge on any atom is -0.0234 e. The van der Waals surface area contributed by atoms with E-state index >= 15 is 0 Å². The first-order chi connectivity index (χ1) is 6.20. The summed E-state index contributed by atoms with van der Waals surface area (Å²) in [6.07, 6.45) is 11.4. The summed E-state index contributed by atoms with van der Waals surface area (Å²) in [6.45, 7) is 9.03. The number of rotatable bonds is 7. The molecule has 0 N–H and O–H groups in total. The molecule has 0 heteroatoms. The van der Waals surface area contributed by atoms with Crippen molar-refractivity contribution in [3.63, 3.8) is 0 Å². The fourth-order valence-corrected chi connectivity index (χ4v) is 1.62. The minimum Gasteiger partial charge on any atom is -0.0914 e. The Balaban J connectivity index is 3.66. The average molecular weight is 182 g/mol. The molecule has 0 fully saturated rings. The molecule has 0 aromatic rings. The van der Waals surface area contributed by atoms with E-state index in [1.165, 1.54) is 32.1 Å². The summed E-state index contributed by atoms with van der Waals surface area (Å²) < 4.78 is 0. The highest BCUT2D eigenvalue weighted by Gasteiger charge is 2.04. The first-order valence-corrected chi connectivity index (χ1v) is 5.83. The van der Waals surface area contributed by atoms with Crippen LogP contribution in [0.25, 0.3) is 0 Å². The van der Waals surface area contributed by atoms with E-state index in [0.29, 0.717) is 0 Å². The fourth-order valence-electron chi connectivity index (χ4n) is 1.62. The second kappa shape index (κ2) is 8.34. The van der Waals surface area contributed by atoms with Gasteiger partial charge in [0.15, 0.2) is 0 Å².